The molecule has 1 heterocycles. The van der Waals surface area contributed by atoms with Crippen LogP contribution in [0, 0.1) is 0 Å². The number of rotatable bonds is 4. The van der Waals surface area contributed by atoms with E-state index in [0.717, 1.165) is 13.1 Å². The van der Waals surface area contributed by atoms with Gasteiger partial charge in [-0.1, -0.05) is 12.1 Å². The van der Waals surface area contributed by atoms with Gasteiger partial charge in [0.25, 0.3) is 6.43 Å². The molecule has 20 heavy (non-hydrogen) atoms. The van der Waals surface area contributed by atoms with Crippen LogP contribution in [0.3, 0.4) is 0 Å². The summed E-state index contributed by atoms with van der Waals surface area (Å²) in [5.74, 6) is -0.0557. The number of carbonyl (C=O) groups is 1. The molecule has 1 fully saturated rings. The molecule has 0 amide bonds. The molecule has 6 heteroatoms. The highest BCUT2D eigenvalue weighted by Gasteiger charge is 2.29. The van der Waals surface area contributed by atoms with Crippen molar-refractivity contribution < 1.29 is 18.3 Å². The van der Waals surface area contributed by atoms with Gasteiger partial charge >= 0.3 is 5.97 Å². The van der Waals surface area contributed by atoms with Crippen molar-refractivity contribution in [3.05, 3.63) is 29.8 Å². The molecule has 110 valence electrons. The van der Waals surface area contributed by atoms with Crippen LogP contribution in [-0.4, -0.2) is 43.5 Å². The minimum Gasteiger partial charge on any atom is -0.427 e. The van der Waals surface area contributed by atoms with E-state index in [4.69, 9.17) is 4.74 Å². The lowest BCUT2D eigenvalue weighted by molar-refractivity contribution is -0.131. The second-order valence-corrected chi connectivity index (χ2v) is 4.73. The lowest BCUT2D eigenvalue weighted by Gasteiger charge is -2.34. The Bertz CT molecular complexity index is 445. The van der Waals surface area contributed by atoms with Crippen molar-refractivity contribution in [2.45, 2.75) is 19.4 Å². The molecular formula is C14H18F2N2O2. The van der Waals surface area contributed by atoms with E-state index in [1.165, 1.54) is 6.92 Å². The Morgan fingerprint density at radius 1 is 1.25 bits per heavy atom. The minimum absolute atomic E-state index is 0.370. The monoisotopic (exact) mass is 284 g/mol. The number of ether oxygens (including phenoxy) is 1. The van der Waals surface area contributed by atoms with Crippen LogP contribution in [0.2, 0.25) is 0 Å². The summed E-state index contributed by atoms with van der Waals surface area (Å²) < 4.78 is 31.6. The molecule has 1 atom stereocenters. The summed E-state index contributed by atoms with van der Waals surface area (Å²) >= 11 is 0. The molecule has 2 rings (SSSR count). The van der Waals surface area contributed by atoms with E-state index in [1.54, 1.807) is 29.2 Å². The molecule has 1 aromatic carbocycles. The van der Waals surface area contributed by atoms with Crippen LogP contribution in [0.5, 0.6) is 5.75 Å². The molecule has 0 aromatic heterocycles. The van der Waals surface area contributed by atoms with Gasteiger partial charge in [-0.15, -0.1) is 0 Å². The predicted octanol–water partition coefficient (Wildman–Crippen LogP) is 1.82. The second kappa shape index (κ2) is 6.76. The molecule has 0 saturated carbocycles. The number of carbonyl (C=O) groups excluding carboxylic acids is 1. The van der Waals surface area contributed by atoms with E-state index < -0.39 is 18.4 Å². The third-order valence-electron chi connectivity index (χ3n) is 3.27. The Morgan fingerprint density at radius 3 is 2.35 bits per heavy atom. The van der Waals surface area contributed by atoms with Gasteiger partial charge in [0.2, 0.25) is 0 Å². The van der Waals surface area contributed by atoms with Gasteiger partial charge in [-0.05, 0) is 17.7 Å². The highest BCUT2D eigenvalue weighted by Crippen LogP contribution is 2.29. The molecule has 0 bridgehead atoms. The zero-order valence-corrected chi connectivity index (χ0v) is 11.3. The van der Waals surface area contributed by atoms with Gasteiger partial charge in [0.1, 0.15) is 5.75 Å². The number of alkyl halides is 2. The lowest BCUT2D eigenvalue weighted by atomic mass is 10.0. The predicted molar refractivity (Wildman–Crippen MR) is 70.9 cm³/mol. The Labute approximate surface area is 116 Å². The number of halogens is 2. The number of nitrogens with one attached hydrogen (secondary N) is 1. The standard InChI is InChI=1S/C14H18F2N2O2/c1-10(19)20-12-4-2-11(3-5-12)13(14(15)16)18-8-6-17-7-9-18/h2-5,13-14,17H,6-9H2,1H3/t13-/m1/s1. The number of hydrogen-bond donors (Lipinski definition) is 1. The summed E-state index contributed by atoms with van der Waals surface area (Å²) in [7, 11) is 0. The normalized spacial score (nSPS) is 18.0. The fourth-order valence-electron chi connectivity index (χ4n) is 2.37. The summed E-state index contributed by atoms with van der Waals surface area (Å²) in [6.07, 6.45) is -2.45. The summed E-state index contributed by atoms with van der Waals surface area (Å²) in [6.45, 7) is 3.93. The van der Waals surface area contributed by atoms with E-state index in [9.17, 15) is 13.6 Å². The first-order chi connectivity index (χ1) is 9.58. The Hall–Kier alpha value is -1.53. The molecule has 1 saturated heterocycles. The molecule has 0 unspecified atom stereocenters. The Kier molecular flexibility index (Phi) is 5.03. The topological polar surface area (TPSA) is 41.6 Å². The van der Waals surface area contributed by atoms with Crippen molar-refractivity contribution in [2.75, 3.05) is 26.2 Å². The van der Waals surface area contributed by atoms with E-state index in [-0.39, 0.29) is 0 Å². The maximum Gasteiger partial charge on any atom is 0.308 e. The van der Waals surface area contributed by atoms with Crippen molar-refractivity contribution in [3.8, 4) is 5.75 Å². The fourth-order valence-corrected chi connectivity index (χ4v) is 2.37. The maximum atomic E-state index is 13.3. The van der Waals surface area contributed by atoms with E-state index in [0.29, 0.717) is 24.4 Å². The van der Waals surface area contributed by atoms with Crippen molar-refractivity contribution in [1.82, 2.24) is 10.2 Å². The summed E-state index contributed by atoms with van der Waals surface area (Å²) in [5, 5.41) is 3.15. The van der Waals surface area contributed by atoms with Crippen molar-refractivity contribution in [1.29, 1.82) is 0 Å². The minimum atomic E-state index is -2.45. The first-order valence-corrected chi connectivity index (χ1v) is 6.59. The van der Waals surface area contributed by atoms with Crippen LogP contribution < -0.4 is 10.1 Å². The molecule has 1 aliphatic heterocycles. The van der Waals surface area contributed by atoms with Crippen LogP contribution >= 0.6 is 0 Å². The van der Waals surface area contributed by atoms with Gasteiger partial charge in [0.15, 0.2) is 0 Å². The molecule has 0 aliphatic carbocycles. The number of hydrogen-bond acceptors (Lipinski definition) is 4. The quantitative estimate of drug-likeness (QED) is 0.676. The van der Waals surface area contributed by atoms with Gasteiger partial charge in [-0.2, -0.15) is 0 Å². The third kappa shape index (κ3) is 3.74. The third-order valence-corrected chi connectivity index (χ3v) is 3.27. The Morgan fingerprint density at radius 2 is 1.85 bits per heavy atom. The molecule has 1 N–H and O–H groups in total. The van der Waals surface area contributed by atoms with Gasteiger partial charge < -0.3 is 10.1 Å². The second-order valence-electron chi connectivity index (χ2n) is 4.73. The first kappa shape index (κ1) is 14.9. The number of nitrogens with zero attached hydrogens (tertiary/aromatic N) is 1. The molecular weight excluding hydrogens is 266 g/mol. The van der Waals surface area contributed by atoms with Crippen molar-refractivity contribution in [3.63, 3.8) is 0 Å². The van der Waals surface area contributed by atoms with E-state index in [1.807, 2.05) is 0 Å². The molecule has 0 radical (unpaired) electrons. The van der Waals surface area contributed by atoms with Crippen molar-refractivity contribution >= 4 is 5.97 Å². The zero-order valence-electron chi connectivity index (χ0n) is 11.3. The van der Waals surface area contributed by atoms with E-state index in [2.05, 4.69) is 5.32 Å². The average molecular weight is 284 g/mol. The van der Waals surface area contributed by atoms with Crippen LogP contribution in [0.15, 0.2) is 24.3 Å². The van der Waals surface area contributed by atoms with Gasteiger partial charge in [0.05, 0.1) is 6.04 Å². The Balaban J connectivity index is 2.14. The molecule has 4 nitrogen and oxygen atoms in total. The summed E-state index contributed by atoms with van der Waals surface area (Å²) in [6, 6.07) is 5.38. The van der Waals surface area contributed by atoms with Crippen LogP contribution in [0.4, 0.5) is 8.78 Å². The van der Waals surface area contributed by atoms with Crippen LogP contribution in [-0.2, 0) is 4.79 Å². The highest BCUT2D eigenvalue weighted by atomic mass is 19.3. The van der Waals surface area contributed by atoms with Crippen molar-refractivity contribution in [2.24, 2.45) is 0 Å². The number of benzene rings is 1. The summed E-state index contributed by atoms with van der Waals surface area (Å²) in [5.41, 5.74) is 0.540. The molecule has 1 aromatic rings. The lowest BCUT2D eigenvalue weighted by Crippen LogP contribution is -2.46. The highest BCUT2D eigenvalue weighted by molar-refractivity contribution is 5.69. The van der Waals surface area contributed by atoms with Gasteiger partial charge in [0, 0.05) is 33.1 Å². The zero-order chi connectivity index (χ0) is 14.5. The average Bonchev–Trinajstić information content (AvgIpc) is 2.41. The smallest absolute Gasteiger partial charge is 0.308 e. The molecule has 0 spiro atoms. The molecule has 1 aliphatic rings. The van der Waals surface area contributed by atoms with Crippen LogP contribution in [0.25, 0.3) is 0 Å². The SMILES string of the molecule is CC(=O)Oc1ccc([C@H](C(F)F)N2CCNCC2)cc1. The summed E-state index contributed by atoms with van der Waals surface area (Å²) in [4.78, 5) is 12.6. The van der Waals surface area contributed by atoms with Crippen LogP contribution in [0.1, 0.15) is 18.5 Å². The number of piperazine rings is 1. The first-order valence-electron chi connectivity index (χ1n) is 6.59. The van der Waals surface area contributed by atoms with Gasteiger partial charge in [-0.25, -0.2) is 8.78 Å². The van der Waals surface area contributed by atoms with E-state index >= 15 is 0 Å². The fraction of sp³-hybridized carbons (Fsp3) is 0.500. The largest absolute Gasteiger partial charge is 0.427 e. The number of esters is 1. The maximum absolute atomic E-state index is 13.3. The van der Waals surface area contributed by atoms with Gasteiger partial charge in [-0.3, -0.25) is 9.69 Å².